The van der Waals surface area contributed by atoms with Crippen LogP contribution in [0.2, 0.25) is 0 Å². The summed E-state index contributed by atoms with van der Waals surface area (Å²) >= 11 is 5.42. The number of carbonyl (C=O) groups is 1. The van der Waals surface area contributed by atoms with Gasteiger partial charge in [0.25, 0.3) is 0 Å². The third kappa shape index (κ3) is 1.95. The molecule has 6 nitrogen and oxygen atoms in total. The zero-order chi connectivity index (χ0) is 13.6. The van der Waals surface area contributed by atoms with E-state index in [9.17, 15) is 4.79 Å². The smallest absolute Gasteiger partial charge is 0.237 e. The molecule has 1 saturated heterocycles. The van der Waals surface area contributed by atoms with E-state index in [0.717, 1.165) is 11.4 Å². The monoisotopic (exact) mass is 278 g/mol. The summed E-state index contributed by atoms with van der Waals surface area (Å²) in [5, 5.41) is 0.596. The minimum atomic E-state index is -0.393. The lowest BCUT2D eigenvalue weighted by Gasteiger charge is -2.32. The van der Waals surface area contributed by atoms with E-state index in [2.05, 4.69) is 0 Å². The van der Waals surface area contributed by atoms with Gasteiger partial charge in [-0.2, -0.15) is 0 Å². The average molecular weight is 278 g/mol. The Kier molecular flexibility index (Phi) is 2.70. The van der Waals surface area contributed by atoms with Crippen molar-refractivity contribution in [3.05, 3.63) is 18.2 Å². The van der Waals surface area contributed by atoms with Gasteiger partial charge in [-0.3, -0.25) is 4.79 Å². The van der Waals surface area contributed by atoms with Crippen molar-refractivity contribution < 1.29 is 9.53 Å². The predicted molar refractivity (Wildman–Crippen MR) is 76.0 cm³/mol. The van der Waals surface area contributed by atoms with E-state index in [1.165, 1.54) is 0 Å². The Balaban J connectivity index is 1.95. The summed E-state index contributed by atoms with van der Waals surface area (Å²) in [6.45, 7) is 1.30. The summed E-state index contributed by atoms with van der Waals surface area (Å²) in [6, 6.07) is 5.56. The van der Waals surface area contributed by atoms with Gasteiger partial charge in [0.1, 0.15) is 12.4 Å². The van der Waals surface area contributed by atoms with Gasteiger partial charge >= 0.3 is 0 Å². The Hall–Kier alpha value is -2.02. The van der Waals surface area contributed by atoms with E-state index in [-0.39, 0.29) is 12.6 Å². The Labute approximate surface area is 115 Å². The fraction of sp³-hybridized carbons (Fsp3) is 0.333. The standard InChI is InChI=1S/C12H14N4O2S/c13-7-1-2-10-9(3-7)16-8(6-18-10)4-15(12(16)19)5-11(14)17/h1-3,8H,4-6,13H2,(H2,14,17). The van der Waals surface area contributed by atoms with Crippen molar-refractivity contribution in [2.45, 2.75) is 6.04 Å². The molecule has 1 atom stereocenters. The number of carbonyl (C=O) groups excluding carboxylic acids is 1. The number of fused-ring (bicyclic) bond motifs is 3. The van der Waals surface area contributed by atoms with Crippen LogP contribution in [0, 0.1) is 0 Å². The van der Waals surface area contributed by atoms with Crippen LogP contribution in [0.5, 0.6) is 5.75 Å². The molecule has 4 N–H and O–H groups in total. The Bertz CT molecular complexity index is 563. The van der Waals surface area contributed by atoms with Gasteiger partial charge in [-0.05, 0) is 30.4 Å². The lowest BCUT2D eigenvalue weighted by atomic mass is 10.1. The van der Waals surface area contributed by atoms with Crippen LogP contribution in [0.1, 0.15) is 0 Å². The second-order valence-corrected chi connectivity index (χ2v) is 5.06. The highest BCUT2D eigenvalue weighted by Gasteiger charge is 2.40. The van der Waals surface area contributed by atoms with Gasteiger partial charge in [-0.15, -0.1) is 0 Å². The van der Waals surface area contributed by atoms with Crippen molar-refractivity contribution in [1.82, 2.24) is 4.90 Å². The van der Waals surface area contributed by atoms with Crippen molar-refractivity contribution in [2.24, 2.45) is 5.73 Å². The molecule has 1 fully saturated rings. The lowest BCUT2D eigenvalue weighted by Crippen LogP contribution is -2.41. The second kappa shape index (κ2) is 4.27. The fourth-order valence-electron chi connectivity index (χ4n) is 2.50. The van der Waals surface area contributed by atoms with Gasteiger partial charge in [0.05, 0.1) is 18.3 Å². The van der Waals surface area contributed by atoms with Crippen LogP contribution in [0.25, 0.3) is 0 Å². The first-order valence-corrected chi connectivity index (χ1v) is 6.36. The minimum Gasteiger partial charge on any atom is -0.489 e. The maximum Gasteiger partial charge on any atom is 0.237 e. The topological polar surface area (TPSA) is 84.8 Å². The number of benzene rings is 1. The first-order chi connectivity index (χ1) is 9.06. The van der Waals surface area contributed by atoms with Crippen LogP contribution in [-0.2, 0) is 4.79 Å². The zero-order valence-corrected chi connectivity index (χ0v) is 11.0. The number of hydrogen-bond acceptors (Lipinski definition) is 4. The highest BCUT2D eigenvalue weighted by atomic mass is 32.1. The predicted octanol–water partition coefficient (Wildman–Crippen LogP) is -0.0780. The third-order valence-electron chi connectivity index (χ3n) is 3.29. The average Bonchev–Trinajstić information content (AvgIpc) is 2.66. The highest BCUT2D eigenvalue weighted by molar-refractivity contribution is 7.80. The Morgan fingerprint density at radius 2 is 2.32 bits per heavy atom. The van der Waals surface area contributed by atoms with Crippen molar-refractivity contribution >= 4 is 34.6 Å². The molecule has 3 rings (SSSR count). The summed E-state index contributed by atoms with van der Waals surface area (Å²) in [6.07, 6.45) is 0. The number of amides is 1. The number of rotatable bonds is 2. The van der Waals surface area contributed by atoms with Crippen LogP contribution < -0.4 is 21.1 Å². The van der Waals surface area contributed by atoms with Crippen molar-refractivity contribution in [1.29, 1.82) is 0 Å². The molecule has 2 heterocycles. The summed E-state index contributed by atoms with van der Waals surface area (Å²) < 4.78 is 5.69. The van der Waals surface area contributed by atoms with Crippen LogP contribution in [0.15, 0.2) is 18.2 Å². The fourth-order valence-corrected chi connectivity index (χ4v) is 2.89. The molecule has 1 aromatic carbocycles. The van der Waals surface area contributed by atoms with Crippen LogP contribution in [0.4, 0.5) is 11.4 Å². The molecule has 2 aliphatic rings. The Morgan fingerprint density at radius 3 is 3.05 bits per heavy atom. The SMILES string of the molecule is NC(=O)CN1CC2COc3ccc(N)cc3N2C1=S. The van der Waals surface area contributed by atoms with Crippen LogP contribution >= 0.6 is 12.2 Å². The molecule has 1 aromatic rings. The lowest BCUT2D eigenvalue weighted by molar-refractivity contribution is -0.118. The van der Waals surface area contributed by atoms with Crippen molar-refractivity contribution in [2.75, 3.05) is 30.3 Å². The number of hydrogen-bond donors (Lipinski definition) is 2. The summed E-state index contributed by atoms with van der Waals surface area (Å²) in [7, 11) is 0. The third-order valence-corrected chi connectivity index (χ3v) is 3.75. The van der Waals surface area contributed by atoms with Gasteiger partial charge in [-0.25, -0.2) is 0 Å². The summed E-state index contributed by atoms with van der Waals surface area (Å²) in [5.41, 5.74) is 12.6. The molecule has 0 radical (unpaired) electrons. The number of ether oxygens (including phenoxy) is 1. The first kappa shape index (κ1) is 12.0. The van der Waals surface area contributed by atoms with E-state index in [0.29, 0.717) is 24.0 Å². The molecule has 1 unspecified atom stereocenters. The Morgan fingerprint density at radius 1 is 1.53 bits per heavy atom. The van der Waals surface area contributed by atoms with Crippen LogP contribution in [0.3, 0.4) is 0 Å². The number of primary amides is 1. The van der Waals surface area contributed by atoms with E-state index in [1.54, 1.807) is 11.0 Å². The largest absolute Gasteiger partial charge is 0.489 e. The van der Waals surface area contributed by atoms with Crippen molar-refractivity contribution in [3.8, 4) is 5.75 Å². The normalized spacial score (nSPS) is 20.8. The molecule has 7 heteroatoms. The molecule has 0 bridgehead atoms. The second-order valence-electron chi connectivity index (χ2n) is 4.69. The quantitative estimate of drug-likeness (QED) is 0.581. The number of nitrogen functional groups attached to an aromatic ring is 1. The highest BCUT2D eigenvalue weighted by Crippen LogP contribution is 2.38. The molecule has 0 aromatic heterocycles. The molecule has 0 saturated carbocycles. The maximum atomic E-state index is 11.1. The van der Waals surface area contributed by atoms with Gasteiger partial charge in [0.2, 0.25) is 5.91 Å². The van der Waals surface area contributed by atoms with Gasteiger partial charge < -0.3 is 26.0 Å². The van der Waals surface area contributed by atoms with Gasteiger partial charge in [0.15, 0.2) is 5.11 Å². The van der Waals surface area contributed by atoms with Crippen molar-refractivity contribution in [3.63, 3.8) is 0 Å². The molecular weight excluding hydrogens is 264 g/mol. The molecule has 0 aliphatic carbocycles. The van der Waals surface area contributed by atoms with Gasteiger partial charge in [0, 0.05) is 12.2 Å². The van der Waals surface area contributed by atoms with E-state index in [1.807, 2.05) is 17.0 Å². The molecule has 100 valence electrons. The van der Waals surface area contributed by atoms with Gasteiger partial charge in [-0.1, -0.05) is 0 Å². The minimum absolute atomic E-state index is 0.0983. The molecule has 0 spiro atoms. The van der Waals surface area contributed by atoms with E-state index < -0.39 is 5.91 Å². The number of anilines is 2. The molecule has 2 aliphatic heterocycles. The number of thiocarbonyl (C=S) groups is 1. The number of nitrogens with zero attached hydrogens (tertiary/aromatic N) is 2. The maximum absolute atomic E-state index is 11.1. The van der Waals surface area contributed by atoms with E-state index in [4.69, 9.17) is 28.4 Å². The first-order valence-electron chi connectivity index (χ1n) is 5.95. The van der Waals surface area contributed by atoms with E-state index >= 15 is 0 Å². The molecule has 19 heavy (non-hydrogen) atoms. The number of nitrogens with two attached hydrogens (primary N) is 2. The molecular formula is C12H14N4O2S. The zero-order valence-electron chi connectivity index (χ0n) is 10.2. The van der Waals surface area contributed by atoms with Crippen LogP contribution in [-0.4, -0.2) is 41.7 Å². The molecule has 1 amide bonds. The summed E-state index contributed by atoms with van der Waals surface area (Å²) in [4.78, 5) is 14.8. The summed E-state index contributed by atoms with van der Waals surface area (Å²) in [5.74, 6) is 0.365.